The number of para-hydroxylation sites is 1. The van der Waals surface area contributed by atoms with Crippen molar-refractivity contribution in [2.24, 2.45) is 0 Å². The highest BCUT2D eigenvalue weighted by molar-refractivity contribution is 5.70. The van der Waals surface area contributed by atoms with Crippen LogP contribution in [0.15, 0.2) is 61.1 Å². The molecule has 2 aliphatic heterocycles. The monoisotopic (exact) mass is 397 g/mol. The minimum absolute atomic E-state index is 0.398. The zero-order valence-electron chi connectivity index (χ0n) is 16.9. The van der Waals surface area contributed by atoms with Crippen LogP contribution in [0, 0.1) is 0 Å². The number of pyridine rings is 1. The second-order valence-electron chi connectivity index (χ2n) is 8.14. The van der Waals surface area contributed by atoms with Gasteiger partial charge < -0.3 is 4.74 Å². The average molecular weight is 397 g/mol. The largest absolute Gasteiger partial charge is 0.496 e. The van der Waals surface area contributed by atoms with Crippen LogP contribution in [0.4, 0.5) is 0 Å². The van der Waals surface area contributed by atoms with Crippen molar-refractivity contribution in [2.45, 2.75) is 37.9 Å². The Kier molecular flexibility index (Phi) is 4.06. The first-order valence-electron chi connectivity index (χ1n) is 10.5. The second-order valence-corrected chi connectivity index (χ2v) is 8.14. The minimum Gasteiger partial charge on any atom is -0.496 e. The molecular formula is C24H23N5O. The van der Waals surface area contributed by atoms with E-state index in [-0.39, 0.29) is 0 Å². The molecule has 30 heavy (non-hydrogen) atoms. The molecule has 5 heterocycles. The molecular weight excluding hydrogens is 374 g/mol. The Balaban J connectivity index is 1.40. The number of benzene rings is 1. The molecule has 0 saturated carbocycles. The SMILES string of the molecule is COc1ccccc1-c1cc2ncc3c(n2n1)CC1CCC3N1Cc1cccnc1. The molecule has 0 amide bonds. The van der Waals surface area contributed by atoms with E-state index in [1.807, 2.05) is 42.7 Å². The van der Waals surface area contributed by atoms with E-state index in [2.05, 4.69) is 32.7 Å². The molecule has 6 nitrogen and oxygen atoms in total. The van der Waals surface area contributed by atoms with Gasteiger partial charge in [0.25, 0.3) is 0 Å². The van der Waals surface area contributed by atoms with Gasteiger partial charge in [-0.15, -0.1) is 0 Å². The normalized spacial score (nSPS) is 20.4. The van der Waals surface area contributed by atoms with Gasteiger partial charge in [-0.1, -0.05) is 18.2 Å². The Morgan fingerprint density at radius 2 is 2.03 bits per heavy atom. The lowest BCUT2D eigenvalue weighted by molar-refractivity contribution is 0.165. The fraction of sp³-hybridized carbons (Fsp3) is 0.292. The maximum Gasteiger partial charge on any atom is 0.155 e. The van der Waals surface area contributed by atoms with E-state index < -0.39 is 0 Å². The number of hydrogen-bond acceptors (Lipinski definition) is 5. The molecule has 4 aromatic rings. The number of aromatic nitrogens is 4. The maximum absolute atomic E-state index is 5.54. The van der Waals surface area contributed by atoms with Crippen molar-refractivity contribution >= 4 is 5.65 Å². The van der Waals surface area contributed by atoms with Crippen LogP contribution < -0.4 is 4.74 Å². The van der Waals surface area contributed by atoms with Gasteiger partial charge in [0.15, 0.2) is 5.65 Å². The molecule has 1 saturated heterocycles. The highest BCUT2D eigenvalue weighted by atomic mass is 16.5. The van der Waals surface area contributed by atoms with Crippen molar-refractivity contribution in [3.8, 4) is 17.0 Å². The summed E-state index contributed by atoms with van der Waals surface area (Å²) in [5.74, 6) is 0.831. The molecule has 2 atom stereocenters. The van der Waals surface area contributed by atoms with E-state index in [9.17, 15) is 0 Å². The molecule has 2 aliphatic rings. The quantitative estimate of drug-likeness (QED) is 0.520. The molecule has 6 heteroatoms. The molecule has 2 unspecified atom stereocenters. The van der Waals surface area contributed by atoms with Gasteiger partial charge in [-0.25, -0.2) is 9.50 Å². The highest BCUT2D eigenvalue weighted by Gasteiger charge is 2.41. The number of fused-ring (bicyclic) bond motifs is 6. The summed E-state index contributed by atoms with van der Waals surface area (Å²) in [6.45, 7) is 0.937. The maximum atomic E-state index is 5.54. The summed E-state index contributed by atoms with van der Waals surface area (Å²) in [7, 11) is 1.70. The van der Waals surface area contributed by atoms with Gasteiger partial charge in [0.05, 0.1) is 18.5 Å². The van der Waals surface area contributed by atoms with E-state index in [0.717, 1.165) is 35.6 Å². The van der Waals surface area contributed by atoms with Crippen molar-refractivity contribution in [2.75, 3.05) is 7.11 Å². The molecule has 6 rings (SSSR count). The van der Waals surface area contributed by atoms with E-state index in [4.69, 9.17) is 14.8 Å². The predicted octanol–water partition coefficient (Wildman–Crippen LogP) is 4.06. The summed E-state index contributed by atoms with van der Waals surface area (Å²) >= 11 is 0. The molecule has 1 aromatic carbocycles. The summed E-state index contributed by atoms with van der Waals surface area (Å²) < 4.78 is 7.60. The molecule has 0 spiro atoms. The summed E-state index contributed by atoms with van der Waals surface area (Å²) in [6, 6.07) is 15.2. The Bertz CT molecular complexity index is 1220. The molecule has 3 aromatic heterocycles. The van der Waals surface area contributed by atoms with Crippen molar-refractivity contribution in [1.29, 1.82) is 0 Å². The number of ether oxygens (including phenoxy) is 1. The highest BCUT2D eigenvalue weighted by Crippen LogP contribution is 2.44. The molecule has 0 aliphatic carbocycles. The summed E-state index contributed by atoms with van der Waals surface area (Å²) in [4.78, 5) is 11.7. The fourth-order valence-corrected chi connectivity index (χ4v) is 5.12. The zero-order valence-corrected chi connectivity index (χ0v) is 16.9. The van der Waals surface area contributed by atoms with Crippen LogP contribution in [0.2, 0.25) is 0 Å². The molecule has 0 N–H and O–H groups in total. The minimum atomic E-state index is 0.398. The van der Waals surface area contributed by atoms with Crippen LogP contribution in [0.3, 0.4) is 0 Å². The summed E-state index contributed by atoms with van der Waals surface area (Å²) in [6.07, 6.45) is 9.26. The second kappa shape index (κ2) is 6.92. The van der Waals surface area contributed by atoms with Gasteiger partial charge in [-0.2, -0.15) is 5.10 Å². The first kappa shape index (κ1) is 17.6. The van der Waals surface area contributed by atoms with Crippen molar-refractivity contribution < 1.29 is 4.74 Å². The van der Waals surface area contributed by atoms with Crippen molar-refractivity contribution in [3.63, 3.8) is 0 Å². The third-order valence-corrected chi connectivity index (χ3v) is 6.52. The third kappa shape index (κ3) is 2.71. The van der Waals surface area contributed by atoms with Gasteiger partial charge in [-0.05, 0) is 36.6 Å². The Morgan fingerprint density at radius 1 is 1.10 bits per heavy atom. The Hall–Kier alpha value is -3.25. The van der Waals surface area contributed by atoms with Gasteiger partial charge in [0.2, 0.25) is 0 Å². The van der Waals surface area contributed by atoms with Crippen LogP contribution in [0.1, 0.15) is 35.7 Å². The van der Waals surface area contributed by atoms with E-state index in [1.54, 1.807) is 7.11 Å². The molecule has 150 valence electrons. The molecule has 2 bridgehead atoms. The predicted molar refractivity (Wildman–Crippen MR) is 114 cm³/mol. The van der Waals surface area contributed by atoms with Crippen molar-refractivity contribution in [3.05, 3.63) is 77.9 Å². The smallest absolute Gasteiger partial charge is 0.155 e. The van der Waals surface area contributed by atoms with Crippen LogP contribution in [0.25, 0.3) is 16.9 Å². The lowest BCUT2D eigenvalue weighted by Crippen LogP contribution is -2.38. The Morgan fingerprint density at radius 3 is 2.90 bits per heavy atom. The van der Waals surface area contributed by atoms with Gasteiger partial charge in [0.1, 0.15) is 5.75 Å². The third-order valence-electron chi connectivity index (χ3n) is 6.52. The van der Waals surface area contributed by atoms with Crippen LogP contribution in [-0.4, -0.2) is 37.6 Å². The van der Waals surface area contributed by atoms with Gasteiger partial charge in [0, 0.05) is 60.8 Å². The van der Waals surface area contributed by atoms with E-state index >= 15 is 0 Å². The lowest BCUT2D eigenvalue weighted by atomic mass is 9.98. The van der Waals surface area contributed by atoms with Gasteiger partial charge in [-0.3, -0.25) is 9.88 Å². The number of rotatable bonds is 4. The first-order valence-corrected chi connectivity index (χ1v) is 10.5. The topological polar surface area (TPSA) is 55.6 Å². The van der Waals surface area contributed by atoms with Crippen LogP contribution in [-0.2, 0) is 13.0 Å². The summed E-state index contributed by atoms with van der Waals surface area (Å²) in [5, 5.41) is 4.96. The fourth-order valence-electron chi connectivity index (χ4n) is 5.12. The van der Waals surface area contributed by atoms with E-state index in [1.165, 1.54) is 29.7 Å². The molecule has 1 fully saturated rings. The molecule has 0 radical (unpaired) electrons. The van der Waals surface area contributed by atoms with Crippen molar-refractivity contribution in [1.82, 2.24) is 24.5 Å². The Labute approximate surface area is 175 Å². The number of nitrogens with zero attached hydrogens (tertiary/aromatic N) is 5. The van der Waals surface area contributed by atoms with Crippen LogP contribution in [0.5, 0.6) is 5.75 Å². The van der Waals surface area contributed by atoms with E-state index in [0.29, 0.717) is 12.1 Å². The summed E-state index contributed by atoms with van der Waals surface area (Å²) in [5.41, 5.74) is 6.68. The first-order chi connectivity index (χ1) is 14.8. The van der Waals surface area contributed by atoms with Gasteiger partial charge >= 0.3 is 0 Å². The average Bonchev–Trinajstić information content (AvgIpc) is 3.34. The van der Waals surface area contributed by atoms with Crippen LogP contribution >= 0.6 is 0 Å². The standard InChI is InChI=1S/C24H23N5O/c1-30-23-7-3-2-6-18(23)20-12-24-26-14-19-21-9-8-17(11-22(19)29(24)27-20)28(21)15-16-5-4-10-25-13-16/h2-7,10,12-14,17,21H,8-9,11,15H2,1H3. The number of methoxy groups -OCH3 is 1. The number of hydrogen-bond donors (Lipinski definition) is 0. The zero-order chi connectivity index (χ0) is 20.1. The lowest BCUT2D eigenvalue weighted by Gasteiger charge is -2.36.